The normalized spacial score (nSPS) is 16.4. The Kier molecular flexibility index (Phi) is 6.27. The molecule has 2 aromatic carbocycles. The molecule has 30 heavy (non-hydrogen) atoms. The Bertz CT molecular complexity index is 1050. The molecular formula is C22H20N2O5S. The molecule has 0 unspecified atom stereocenters. The minimum atomic E-state index is -1.13. The summed E-state index contributed by atoms with van der Waals surface area (Å²) < 4.78 is 5.45. The largest absolute Gasteiger partial charge is 0.479 e. The van der Waals surface area contributed by atoms with E-state index in [0.717, 1.165) is 12.0 Å². The molecule has 0 radical (unpaired) electrons. The van der Waals surface area contributed by atoms with E-state index in [1.54, 1.807) is 36.4 Å². The van der Waals surface area contributed by atoms with Gasteiger partial charge in [0.25, 0.3) is 11.8 Å². The molecule has 2 aromatic rings. The number of carboxylic acid groups (broad SMARTS) is 1. The number of para-hydroxylation sites is 1. The van der Waals surface area contributed by atoms with Crippen LogP contribution in [0.3, 0.4) is 0 Å². The van der Waals surface area contributed by atoms with E-state index >= 15 is 0 Å². The van der Waals surface area contributed by atoms with E-state index in [-0.39, 0.29) is 16.4 Å². The van der Waals surface area contributed by atoms with E-state index in [4.69, 9.17) is 22.1 Å². The van der Waals surface area contributed by atoms with Gasteiger partial charge in [-0.1, -0.05) is 37.3 Å². The van der Waals surface area contributed by atoms with Crippen LogP contribution in [0.25, 0.3) is 6.08 Å². The lowest BCUT2D eigenvalue weighted by atomic mass is 10.1. The monoisotopic (exact) mass is 424 g/mol. The number of nitrogens with zero attached hydrogens (tertiary/aromatic N) is 1. The highest BCUT2D eigenvalue weighted by Crippen LogP contribution is 2.26. The topological polar surface area (TPSA) is 95.9 Å². The maximum Gasteiger partial charge on any atom is 0.344 e. The zero-order chi connectivity index (χ0) is 21.8. The van der Waals surface area contributed by atoms with Gasteiger partial charge in [-0.05, 0) is 55.4 Å². The Labute approximate surface area is 179 Å². The van der Waals surface area contributed by atoms with Crippen molar-refractivity contribution < 1.29 is 24.2 Å². The Hall–Kier alpha value is -3.52. The molecular weight excluding hydrogens is 404 g/mol. The van der Waals surface area contributed by atoms with E-state index in [0.29, 0.717) is 11.3 Å². The predicted octanol–water partition coefficient (Wildman–Crippen LogP) is 2.93. The van der Waals surface area contributed by atoms with E-state index < -0.39 is 23.9 Å². The van der Waals surface area contributed by atoms with Crippen molar-refractivity contribution in [2.24, 2.45) is 0 Å². The molecule has 0 aromatic heterocycles. The predicted molar refractivity (Wildman–Crippen MR) is 116 cm³/mol. The summed E-state index contributed by atoms with van der Waals surface area (Å²) in [4.78, 5) is 38.0. The number of rotatable bonds is 6. The molecule has 3 rings (SSSR count). The number of carboxylic acids is 1. The number of nitrogens with one attached hydrogen (secondary N) is 1. The zero-order valence-electron chi connectivity index (χ0n) is 16.4. The number of benzene rings is 2. The van der Waals surface area contributed by atoms with Gasteiger partial charge >= 0.3 is 5.97 Å². The van der Waals surface area contributed by atoms with Crippen LogP contribution in [-0.2, 0) is 20.8 Å². The highest BCUT2D eigenvalue weighted by Gasteiger charge is 2.34. The summed E-state index contributed by atoms with van der Waals surface area (Å²) >= 11 is 5.21. The molecule has 0 saturated carbocycles. The second kappa shape index (κ2) is 8.87. The molecule has 0 spiro atoms. The van der Waals surface area contributed by atoms with Gasteiger partial charge in [0.05, 0.1) is 5.69 Å². The van der Waals surface area contributed by atoms with Gasteiger partial charge < -0.3 is 9.84 Å². The van der Waals surface area contributed by atoms with Gasteiger partial charge in [0, 0.05) is 5.56 Å². The highest BCUT2D eigenvalue weighted by atomic mass is 32.1. The van der Waals surface area contributed by atoms with Gasteiger partial charge in [0.15, 0.2) is 11.2 Å². The number of hydrogen-bond acceptors (Lipinski definition) is 5. The minimum Gasteiger partial charge on any atom is -0.479 e. The number of ether oxygens (including phenoxy) is 1. The Balaban J connectivity index is 1.98. The number of aliphatic carboxylic acids is 1. The number of thiocarbonyl (C=S) groups is 1. The first-order valence-corrected chi connectivity index (χ1v) is 9.71. The van der Waals surface area contributed by atoms with Gasteiger partial charge in [-0.2, -0.15) is 0 Å². The van der Waals surface area contributed by atoms with Crippen molar-refractivity contribution in [2.75, 3.05) is 4.90 Å². The van der Waals surface area contributed by atoms with Crippen LogP contribution in [0.1, 0.15) is 25.0 Å². The van der Waals surface area contributed by atoms with Crippen molar-refractivity contribution in [3.63, 3.8) is 0 Å². The van der Waals surface area contributed by atoms with Crippen LogP contribution in [0.5, 0.6) is 5.75 Å². The number of hydrogen-bond donors (Lipinski definition) is 2. The van der Waals surface area contributed by atoms with Crippen molar-refractivity contribution in [3.8, 4) is 5.75 Å². The molecule has 2 amide bonds. The van der Waals surface area contributed by atoms with Gasteiger partial charge in [-0.25, -0.2) is 4.79 Å². The van der Waals surface area contributed by atoms with Crippen molar-refractivity contribution >= 4 is 46.9 Å². The molecule has 1 heterocycles. The fourth-order valence-electron chi connectivity index (χ4n) is 2.88. The lowest BCUT2D eigenvalue weighted by Crippen LogP contribution is -2.54. The first-order valence-electron chi connectivity index (χ1n) is 9.30. The Morgan fingerprint density at radius 1 is 1.20 bits per heavy atom. The SMILES string of the molecule is CCc1ccc(N2C(=O)/C(=C/c3ccccc3O[C@@H](C)C(=O)O)C(=O)NC2=S)cc1. The number of amides is 2. The third-order valence-electron chi connectivity index (χ3n) is 4.57. The summed E-state index contributed by atoms with van der Waals surface area (Å²) in [6.45, 7) is 3.42. The Morgan fingerprint density at radius 2 is 1.87 bits per heavy atom. The first-order chi connectivity index (χ1) is 14.3. The molecule has 1 aliphatic heterocycles. The molecule has 1 aliphatic rings. The second-order valence-corrected chi connectivity index (χ2v) is 7.00. The van der Waals surface area contributed by atoms with E-state index in [2.05, 4.69) is 5.32 Å². The fraction of sp³-hybridized carbons (Fsp3) is 0.182. The van der Waals surface area contributed by atoms with Crippen LogP contribution in [0, 0.1) is 0 Å². The van der Waals surface area contributed by atoms with E-state index in [9.17, 15) is 14.4 Å². The smallest absolute Gasteiger partial charge is 0.344 e. The van der Waals surface area contributed by atoms with Crippen molar-refractivity contribution in [3.05, 3.63) is 65.2 Å². The van der Waals surface area contributed by atoms with Crippen LogP contribution in [0.2, 0.25) is 0 Å². The van der Waals surface area contributed by atoms with Crippen LogP contribution >= 0.6 is 12.2 Å². The number of carbonyl (C=O) groups is 3. The molecule has 0 aliphatic carbocycles. The molecule has 154 valence electrons. The molecule has 7 nitrogen and oxygen atoms in total. The van der Waals surface area contributed by atoms with Crippen molar-refractivity contribution in [2.45, 2.75) is 26.4 Å². The van der Waals surface area contributed by atoms with Gasteiger partial charge in [0.1, 0.15) is 11.3 Å². The molecule has 2 N–H and O–H groups in total. The zero-order valence-corrected chi connectivity index (χ0v) is 17.2. The maximum atomic E-state index is 13.1. The summed E-state index contributed by atoms with van der Waals surface area (Å²) in [5, 5.41) is 11.6. The lowest BCUT2D eigenvalue weighted by Gasteiger charge is -2.29. The average Bonchev–Trinajstić information content (AvgIpc) is 2.72. The maximum absolute atomic E-state index is 13.1. The fourth-order valence-corrected chi connectivity index (χ4v) is 3.16. The second-order valence-electron chi connectivity index (χ2n) is 6.61. The highest BCUT2D eigenvalue weighted by molar-refractivity contribution is 7.80. The quantitative estimate of drug-likeness (QED) is 0.421. The summed E-state index contributed by atoms with van der Waals surface area (Å²) in [5.41, 5.74) is 1.91. The van der Waals surface area contributed by atoms with Gasteiger partial charge in [-0.15, -0.1) is 0 Å². The third-order valence-corrected chi connectivity index (χ3v) is 4.86. The summed E-state index contributed by atoms with van der Waals surface area (Å²) in [6, 6.07) is 13.9. The number of anilines is 1. The van der Waals surface area contributed by atoms with Crippen LogP contribution in [0.15, 0.2) is 54.1 Å². The molecule has 1 saturated heterocycles. The summed E-state index contributed by atoms with van der Waals surface area (Å²) in [6.07, 6.45) is 1.13. The van der Waals surface area contributed by atoms with Crippen molar-refractivity contribution in [1.29, 1.82) is 0 Å². The summed E-state index contributed by atoms with van der Waals surface area (Å²) in [7, 11) is 0. The molecule has 8 heteroatoms. The first kappa shape index (κ1) is 21.2. The molecule has 1 fully saturated rings. The standard InChI is InChI=1S/C22H20N2O5S/c1-3-14-8-10-16(11-9-14)24-20(26)17(19(25)23-22(24)30)12-15-6-4-5-7-18(15)29-13(2)21(27)28/h4-13H,3H2,1-2H3,(H,27,28)(H,23,25,30)/b17-12+/t13-/m0/s1. The van der Waals surface area contributed by atoms with Crippen LogP contribution in [-0.4, -0.2) is 34.1 Å². The molecule has 0 bridgehead atoms. The van der Waals surface area contributed by atoms with E-state index in [1.165, 1.54) is 17.9 Å². The lowest BCUT2D eigenvalue weighted by molar-refractivity contribution is -0.144. The third kappa shape index (κ3) is 4.38. The minimum absolute atomic E-state index is 0.00423. The average molecular weight is 424 g/mol. The number of carbonyl (C=O) groups excluding carboxylic acids is 2. The molecule has 1 atom stereocenters. The number of aryl methyl sites for hydroxylation is 1. The van der Waals surface area contributed by atoms with Gasteiger partial charge in [0.2, 0.25) is 0 Å². The van der Waals surface area contributed by atoms with Crippen molar-refractivity contribution in [1.82, 2.24) is 5.32 Å². The summed E-state index contributed by atoms with van der Waals surface area (Å²) in [5.74, 6) is -2.09. The van der Waals surface area contributed by atoms with Crippen LogP contribution in [0.4, 0.5) is 5.69 Å². The van der Waals surface area contributed by atoms with Gasteiger partial charge in [-0.3, -0.25) is 19.8 Å². The van der Waals surface area contributed by atoms with E-state index in [1.807, 2.05) is 19.1 Å². The van der Waals surface area contributed by atoms with Crippen LogP contribution < -0.4 is 15.0 Å². The Morgan fingerprint density at radius 3 is 2.50 bits per heavy atom.